The maximum Gasteiger partial charge on any atom is 0.129 e. The summed E-state index contributed by atoms with van der Waals surface area (Å²) in [5.74, 6) is 0.366. The molecule has 0 bridgehead atoms. The summed E-state index contributed by atoms with van der Waals surface area (Å²) in [6.07, 6.45) is 0. The molecular weight excluding hydrogens is 227 g/mol. The lowest BCUT2D eigenvalue weighted by molar-refractivity contribution is 0.300. The summed E-state index contributed by atoms with van der Waals surface area (Å²) in [6, 6.07) is 14.3. The van der Waals surface area contributed by atoms with Gasteiger partial charge in [0.1, 0.15) is 18.2 Å². The molecule has 0 spiro atoms. The summed E-state index contributed by atoms with van der Waals surface area (Å²) in [7, 11) is 0. The number of rotatable bonds is 3. The average molecular weight is 236 g/mol. The lowest BCUT2D eigenvalue weighted by Gasteiger charge is -2.07. The Labute approximate surface area is 98.4 Å². The number of ether oxygens (including phenoxy) is 1. The Kier molecular flexibility index (Phi) is 3.42. The summed E-state index contributed by atoms with van der Waals surface area (Å²) in [4.78, 5) is 0. The molecule has 0 aliphatic carbocycles. The first-order valence-corrected chi connectivity index (χ1v) is 5.16. The molecule has 2 aromatic rings. The van der Waals surface area contributed by atoms with Crippen LogP contribution in [0.25, 0.3) is 0 Å². The standard InChI is InChI=1S/C13H9ClFO/c14-11-6-7-13(15)10(8-11)9-16-12-4-2-1-3-5-12/h2-8H,9H2. The minimum Gasteiger partial charge on any atom is -0.489 e. The Balaban J connectivity index is 2.08. The van der Waals surface area contributed by atoms with Gasteiger partial charge in [-0.3, -0.25) is 0 Å². The zero-order valence-corrected chi connectivity index (χ0v) is 9.17. The van der Waals surface area contributed by atoms with E-state index in [2.05, 4.69) is 6.07 Å². The second-order valence-corrected chi connectivity index (χ2v) is 3.70. The van der Waals surface area contributed by atoms with Crippen molar-refractivity contribution in [3.05, 3.63) is 64.9 Å². The summed E-state index contributed by atoms with van der Waals surface area (Å²) in [5.41, 5.74) is 0.445. The maximum atomic E-state index is 13.3. The zero-order valence-electron chi connectivity index (χ0n) is 8.41. The lowest BCUT2D eigenvalue weighted by Crippen LogP contribution is -1.98. The fourth-order valence-corrected chi connectivity index (χ4v) is 1.48. The molecule has 0 saturated carbocycles. The number of benzene rings is 2. The van der Waals surface area contributed by atoms with Crippen LogP contribution in [0, 0.1) is 11.9 Å². The van der Waals surface area contributed by atoms with Crippen LogP contribution in [-0.4, -0.2) is 0 Å². The van der Waals surface area contributed by atoms with Crippen LogP contribution in [0.2, 0.25) is 5.02 Å². The van der Waals surface area contributed by atoms with E-state index < -0.39 is 0 Å². The molecule has 1 nitrogen and oxygen atoms in total. The molecule has 2 rings (SSSR count). The van der Waals surface area contributed by atoms with Crippen molar-refractivity contribution in [2.24, 2.45) is 0 Å². The summed E-state index contributed by atoms with van der Waals surface area (Å²) in [6.45, 7) is 0.163. The molecule has 0 amide bonds. The van der Waals surface area contributed by atoms with Gasteiger partial charge in [0.2, 0.25) is 0 Å². The van der Waals surface area contributed by atoms with Gasteiger partial charge in [0.05, 0.1) is 0 Å². The Morgan fingerprint density at radius 2 is 1.94 bits per heavy atom. The van der Waals surface area contributed by atoms with E-state index in [1.165, 1.54) is 12.1 Å². The summed E-state index contributed by atoms with van der Waals surface area (Å²) >= 11 is 5.77. The molecule has 0 aliphatic heterocycles. The zero-order chi connectivity index (χ0) is 11.4. The molecule has 2 aromatic carbocycles. The molecule has 16 heavy (non-hydrogen) atoms. The molecule has 0 atom stereocenters. The van der Waals surface area contributed by atoms with Gasteiger partial charge in [-0.05, 0) is 36.4 Å². The Bertz CT molecular complexity index is 471. The first-order valence-electron chi connectivity index (χ1n) is 4.78. The summed E-state index contributed by atoms with van der Waals surface area (Å²) < 4.78 is 18.7. The smallest absolute Gasteiger partial charge is 0.129 e. The van der Waals surface area contributed by atoms with E-state index in [1.807, 2.05) is 0 Å². The molecule has 1 radical (unpaired) electrons. The van der Waals surface area contributed by atoms with Gasteiger partial charge in [0, 0.05) is 10.6 Å². The first-order chi connectivity index (χ1) is 7.75. The molecule has 0 fully saturated rings. The van der Waals surface area contributed by atoms with Crippen molar-refractivity contribution in [1.29, 1.82) is 0 Å². The van der Waals surface area contributed by atoms with Gasteiger partial charge in [-0.15, -0.1) is 0 Å². The normalized spacial score (nSPS) is 10.1. The third-order valence-electron chi connectivity index (χ3n) is 2.09. The average Bonchev–Trinajstić information content (AvgIpc) is 2.32. The predicted molar refractivity (Wildman–Crippen MR) is 61.0 cm³/mol. The van der Waals surface area contributed by atoms with E-state index in [9.17, 15) is 4.39 Å². The van der Waals surface area contributed by atoms with E-state index in [4.69, 9.17) is 16.3 Å². The lowest BCUT2D eigenvalue weighted by atomic mass is 10.2. The molecule has 3 heteroatoms. The van der Waals surface area contributed by atoms with E-state index in [1.54, 1.807) is 30.3 Å². The highest BCUT2D eigenvalue weighted by atomic mass is 35.5. The minimum absolute atomic E-state index is 0.163. The minimum atomic E-state index is -0.313. The van der Waals surface area contributed by atoms with Crippen molar-refractivity contribution >= 4 is 11.6 Å². The highest BCUT2D eigenvalue weighted by molar-refractivity contribution is 6.30. The molecule has 0 heterocycles. The molecule has 0 aliphatic rings. The summed E-state index contributed by atoms with van der Waals surface area (Å²) in [5, 5.41) is 0.501. The molecule has 0 unspecified atom stereocenters. The van der Waals surface area contributed by atoms with Crippen LogP contribution in [-0.2, 0) is 6.61 Å². The van der Waals surface area contributed by atoms with Gasteiger partial charge in [0.15, 0.2) is 0 Å². The second kappa shape index (κ2) is 4.99. The Morgan fingerprint density at radius 3 is 2.69 bits per heavy atom. The van der Waals surface area contributed by atoms with Crippen molar-refractivity contribution in [1.82, 2.24) is 0 Å². The number of hydrogen-bond donors (Lipinski definition) is 0. The molecule has 0 aromatic heterocycles. The van der Waals surface area contributed by atoms with Crippen molar-refractivity contribution in [3.8, 4) is 5.75 Å². The van der Waals surface area contributed by atoms with Gasteiger partial charge < -0.3 is 4.74 Å². The van der Waals surface area contributed by atoms with Gasteiger partial charge in [-0.2, -0.15) is 0 Å². The van der Waals surface area contributed by atoms with E-state index in [0.717, 1.165) is 0 Å². The monoisotopic (exact) mass is 235 g/mol. The van der Waals surface area contributed by atoms with Crippen LogP contribution in [0.4, 0.5) is 4.39 Å². The first kappa shape index (κ1) is 11.0. The van der Waals surface area contributed by atoms with Crippen LogP contribution in [0.15, 0.2) is 42.5 Å². The third kappa shape index (κ3) is 2.74. The topological polar surface area (TPSA) is 9.23 Å². The van der Waals surface area contributed by atoms with Crippen LogP contribution in [0.5, 0.6) is 5.75 Å². The number of halogens is 2. The van der Waals surface area contributed by atoms with Crippen LogP contribution >= 0.6 is 11.6 Å². The Morgan fingerprint density at radius 1 is 1.19 bits per heavy atom. The van der Waals surface area contributed by atoms with Crippen LogP contribution < -0.4 is 4.74 Å². The van der Waals surface area contributed by atoms with Crippen LogP contribution in [0.1, 0.15) is 5.56 Å². The molecule has 81 valence electrons. The fourth-order valence-electron chi connectivity index (χ4n) is 1.28. The van der Waals surface area contributed by atoms with E-state index in [0.29, 0.717) is 16.3 Å². The number of hydrogen-bond acceptors (Lipinski definition) is 1. The predicted octanol–water partition coefficient (Wildman–Crippen LogP) is 3.86. The van der Waals surface area contributed by atoms with E-state index >= 15 is 0 Å². The quantitative estimate of drug-likeness (QED) is 0.785. The van der Waals surface area contributed by atoms with Gasteiger partial charge in [-0.25, -0.2) is 4.39 Å². The highest BCUT2D eigenvalue weighted by Crippen LogP contribution is 2.17. The second-order valence-electron chi connectivity index (χ2n) is 3.26. The van der Waals surface area contributed by atoms with Crippen molar-refractivity contribution < 1.29 is 9.13 Å². The molecular formula is C13H9ClFO. The Hall–Kier alpha value is -1.54. The van der Waals surface area contributed by atoms with Gasteiger partial charge in [-0.1, -0.05) is 23.7 Å². The van der Waals surface area contributed by atoms with E-state index in [-0.39, 0.29) is 12.4 Å². The molecule has 0 saturated heterocycles. The highest BCUT2D eigenvalue weighted by Gasteiger charge is 2.03. The molecule has 0 N–H and O–H groups in total. The van der Waals surface area contributed by atoms with Crippen molar-refractivity contribution in [3.63, 3.8) is 0 Å². The van der Waals surface area contributed by atoms with Gasteiger partial charge >= 0.3 is 0 Å². The maximum absolute atomic E-state index is 13.3. The third-order valence-corrected chi connectivity index (χ3v) is 2.32. The fraction of sp³-hybridized carbons (Fsp3) is 0.0769. The van der Waals surface area contributed by atoms with Crippen molar-refractivity contribution in [2.45, 2.75) is 6.61 Å². The van der Waals surface area contributed by atoms with Gasteiger partial charge in [0.25, 0.3) is 0 Å². The van der Waals surface area contributed by atoms with Crippen LogP contribution in [0.3, 0.4) is 0 Å². The largest absolute Gasteiger partial charge is 0.489 e. The SMILES string of the molecule is Fc1ccc(Cl)cc1COc1cc[c]cc1. The van der Waals surface area contributed by atoms with Crippen molar-refractivity contribution in [2.75, 3.05) is 0 Å².